The lowest BCUT2D eigenvalue weighted by Crippen LogP contribution is -2.30. The highest BCUT2D eigenvalue weighted by atomic mass is 16.6. The van der Waals surface area contributed by atoms with E-state index in [0.29, 0.717) is 11.1 Å². The fraction of sp³-hybridized carbons (Fsp3) is 0.417. The summed E-state index contributed by atoms with van der Waals surface area (Å²) in [5.41, 5.74) is 1.20. The first-order valence-electron chi connectivity index (χ1n) is 10.4. The van der Waals surface area contributed by atoms with Crippen LogP contribution in [-0.2, 0) is 23.8 Å². The molecule has 33 heavy (non-hydrogen) atoms. The Hall–Kier alpha value is -3.46. The number of hydrogen-bond acceptors (Lipinski definition) is 9. The highest BCUT2D eigenvalue weighted by Crippen LogP contribution is 2.45. The van der Waals surface area contributed by atoms with Crippen LogP contribution >= 0.6 is 0 Å². The maximum Gasteiger partial charge on any atom is 0.303 e. The topological polar surface area (TPSA) is 121 Å². The van der Waals surface area contributed by atoms with Gasteiger partial charge in [-0.05, 0) is 35.4 Å². The quantitative estimate of drug-likeness (QED) is 0.572. The number of benzene rings is 2. The molecule has 0 radical (unpaired) electrons. The smallest absolute Gasteiger partial charge is 0.303 e. The van der Waals surface area contributed by atoms with Crippen molar-refractivity contribution in [3.05, 3.63) is 47.5 Å². The van der Waals surface area contributed by atoms with E-state index in [1.807, 2.05) is 0 Å². The Morgan fingerprint density at radius 3 is 1.55 bits per heavy atom. The lowest BCUT2D eigenvalue weighted by atomic mass is 9.81. The van der Waals surface area contributed by atoms with Gasteiger partial charge in [0.15, 0.2) is 23.0 Å². The zero-order valence-electron chi connectivity index (χ0n) is 18.9. The molecule has 3 rings (SSSR count). The number of esters is 2. The van der Waals surface area contributed by atoms with Crippen LogP contribution in [0.2, 0.25) is 0 Å². The molecule has 0 aromatic heterocycles. The van der Waals surface area contributed by atoms with Crippen molar-refractivity contribution in [1.82, 2.24) is 0 Å². The molecule has 0 aliphatic carbocycles. The van der Waals surface area contributed by atoms with E-state index in [2.05, 4.69) is 0 Å². The van der Waals surface area contributed by atoms with E-state index in [0.717, 1.165) is 0 Å². The number of carbonyl (C=O) groups excluding carboxylic acids is 2. The van der Waals surface area contributed by atoms with Crippen molar-refractivity contribution < 1.29 is 43.5 Å². The molecule has 1 saturated heterocycles. The third-order valence-electron chi connectivity index (χ3n) is 5.60. The molecule has 0 amide bonds. The van der Waals surface area contributed by atoms with E-state index < -0.39 is 24.1 Å². The zero-order valence-corrected chi connectivity index (χ0v) is 18.9. The number of carbonyl (C=O) groups is 2. The normalized spacial score (nSPS) is 19.4. The zero-order chi connectivity index (χ0) is 24.1. The summed E-state index contributed by atoms with van der Waals surface area (Å²) in [6.45, 7) is 3.12. The average Bonchev–Trinajstić information content (AvgIpc) is 3.26. The minimum absolute atomic E-state index is 0.0453. The van der Waals surface area contributed by atoms with Crippen molar-refractivity contribution in [2.45, 2.75) is 26.1 Å². The van der Waals surface area contributed by atoms with Gasteiger partial charge in [0.25, 0.3) is 0 Å². The first kappa shape index (κ1) is 24.2. The molecule has 2 aromatic carbocycles. The van der Waals surface area contributed by atoms with Gasteiger partial charge in [-0.25, -0.2) is 0 Å². The summed E-state index contributed by atoms with van der Waals surface area (Å²) in [4.78, 5) is 24.0. The molecule has 9 nitrogen and oxygen atoms in total. The molecule has 2 aromatic rings. The van der Waals surface area contributed by atoms with Gasteiger partial charge in [-0.15, -0.1) is 0 Å². The summed E-state index contributed by atoms with van der Waals surface area (Å²) < 4.78 is 27.5. The second-order valence-electron chi connectivity index (χ2n) is 7.79. The van der Waals surface area contributed by atoms with Crippen LogP contribution in [0.15, 0.2) is 36.4 Å². The van der Waals surface area contributed by atoms with Crippen LogP contribution in [0.3, 0.4) is 0 Å². The summed E-state index contributed by atoms with van der Waals surface area (Å²) in [6.07, 6.45) is -1.50. The second-order valence-corrected chi connectivity index (χ2v) is 7.79. The summed E-state index contributed by atoms with van der Waals surface area (Å²) >= 11 is 0. The first-order chi connectivity index (χ1) is 15.7. The summed E-state index contributed by atoms with van der Waals surface area (Å²) in [6, 6.07) is 9.41. The Morgan fingerprint density at radius 2 is 1.21 bits per heavy atom. The van der Waals surface area contributed by atoms with Gasteiger partial charge in [0.2, 0.25) is 0 Å². The van der Waals surface area contributed by atoms with Gasteiger partial charge in [-0.2, -0.15) is 0 Å². The molecule has 1 aliphatic heterocycles. The van der Waals surface area contributed by atoms with E-state index in [9.17, 15) is 19.8 Å². The second kappa shape index (κ2) is 10.4. The van der Waals surface area contributed by atoms with Crippen LogP contribution < -0.4 is 9.47 Å². The number of methoxy groups -OCH3 is 2. The van der Waals surface area contributed by atoms with Crippen LogP contribution in [-0.4, -0.2) is 49.6 Å². The van der Waals surface area contributed by atoms with E-state index in [1.165, 1.54) is 40.2 Å². The maximum absolute atomic E-state index is 12.0. The molecular weight excluding hydrogens is 432 g/mol. The van der Waals surface area contributed by atoms with E-state index >= 15 is 0 Å². The Balaban J connectivity index is 2.03. The fourth-order valence-electron chi connectivity index (χ4n) is 4.12. The minimum atomic E-state index is -0.749. The lowest BCUT2D eigenvalue weighted by molar-refractivity contribution is -0.157. The minimum Gasteiger partial charge on any atom is -0.504 e. The van der Waals surface area contributed by atoms with Gasteiger partial charge in [-0.1, -0.05) is 12.1 Å². The van der Waals surface area contributed by atoms with Gasteiger partial charge < -0.3 is 33.9 Å². The summed E-state index contributed by atoms with van der Waals surface area (Å²) in [7, 11) is 2.85. The predicted molar refractivity (Wildman–Crippen MR) is 116 cm³/mol. The number of phenols is 2. The Bertz CT molecular complexity index is 924. The van der Waals surface area contributed by atoms with Crippen LogP contribution in [0.5, 0.6) is 23.0 Å². The largest absolute Gasteiger partial charge is 0.504 e. The van der Waals surface area contributed by atoms with E-state index in [-0.39, 0.29) is 48.0 Å². The van der Waals surface area contributed by atoms with Crippen molar-refractivity contribution in [2.24, 2.45) is 11.8 Å². The van der Waals surface area contributed by atoms with Gasteiger partial charge in [0, 0.05) is 25.7 Å². The van der Waals surface area contributed by atoms with Crippen molar-refractivity contribution in [3.63, 3.8) is 0 Å². The molecular formula is C24H28O9. The van der Waals surface area contributed by atoms with Gasteiger partial charge >= 0.3 is 11.9 Å². The molecule has 1 fully saturated rings. The maximum atomic E-state index is 12.0. The lowest BCUT2D eigenvalue weighted by Gasteiger charge is -2.32. The number of phenolic OH excluding ortho intramolecular Hbond substituents is 2. The third kappa shape index (κ3) is 5.48. The molecule has 0 spiro atoms. The van der Waals surface area contributed by atoms with Gasteiger partial charge in [0.05, 0.1) is 27.4 Å². The van der Waals surface area contributed by atoms with Crippen LogP contribution in [0, 0.1) is 11.8 Å². The fourth-order valence-corrected chi connectivity index (χ4v) is 4.12. The standard InChI is InChI=1S/C24H28O9/c1-13(25)32-23(15-5-7-19(27)21(9-15)29-3)17-11-31-12-18(17)24(33-14(2)26)16-6-8-20(28)22(10-16)30-4/h5-10,17-18,23-24,27-28H,11-12H2,1-4H3/t17-,18-,23-,24+/m0/s1. The number of aromatic hydroxyl groups is 2. The van der Waals surface area contributed by atoms with E-state index in [1.54, 1.807) is 24.3 Å². The van der Waals surface area contributed by atoms with Crippen molar-refractivity contribution in [3.8, 4) is 23.0 Å². The van der Waals surface area contributed by atoms with Crippen LogP contribution in [0.4, 0.5) is 0 Å². The molecule has 1 heterocycles. The SMILES string of the molecule is COc1cc([C@@H](OC(C)=O)[C@H]2COC[C@@H]2[C@@H](OC(C)=O)c2ccc(O)c(OC)c2)ccc1O. The Morgan fingerprint density at radius 1 is 0.818 bits per heavy atom. The number of ether oxygens (including phenoxy) is 5. The van der Waals surface area contributed by atoms with Gasteiger partial charge in [-0.3, -0.25) is 9.59 Å². The molecule has 0 unspecified atom stereocenters. The Kier molecular flexibility index (Phi) is 7.65. The summed E-state index contributed by atoms with van der Waals surface area (Å²) in [5, 5.41) is 20.0. The van der Waals surface area contributed by atoms with Crippen molar-refractivity contribution >= 4 is 11.9 Å². The van der Waals surface area contributed by atoms with Crippen molar-refractivity contribution in [2.75, 3.05) is 27.4 Å². The molecule has 0 saturated carbocycles. The molecule has 178 valence electrons. The van der Waals surface area contributed by atoms with Crippen LogP contribution in [0.25, 0.3) is 0 Å². The molecule has 9 heteroatoms. The molecule has 0 bridgehead atoms. The first-order valence-corrected chi connectivity index (χ1v) is 10.4. The Labute approximate surface area is 191 Å². The average molecular weight is 460 g/mol. The molecule has 2 N–H and O–H groups in total. The number of hydrogen-bond donors (Lipinski definition) is 2. The van der Waals surface area contributed by atoms with Crippen molar-refractivity contribution in [1.29, 1.82) is 0 Å². The van der Waals surface area contributed by atoms with Crippen LogP contribution in [0.1, 0.15) is 37.2 Å². The van der Waals surface area contributed by atoms with E-state index in [4.69, 9.17) is 23.7 Å². The molecule has 1 aliphatic rings. The molecule has 4 atom stereocenters. The third-order valence-corrected chi connectivity index (χ3v) is 5.60. The van der Waals surface area contributed by atoms with Gasteiger partial charge in [0.1, 0.15) is 12.2 Å². The number of rotatable bonds is 8. The highest BCUT2D eigenvalue weighted by Gasteiger charge is 2.44. The predicted octanol–water partition coefficient (Wildman–Crippen LogP) is 3.29. The monoisotopic (exact) mass is 460 g/mol. The highest BCUT2D eigenvalue weighted by molar-refractivity contribution is 5.67. The summed E-state index contributed by atoms with van der Waals surface area (Å²) in [5.74, 6) is -1.37.